The smallest absolute Gasteiger partial charge is 0.270 e. The molecule has 0 aliphatic rings. The predicted molar refractivity (Wildman–Crippen MR) is 115 cm³/mol. The van der Waals surface area contributed by atoms with Crippen LogP contribution in [0.4, 0.5) is 5.69 Å². The highest BCUT2D eigenvalue weighted by molar-refractivity contribution is 6.44. The van der Waals surface area contributed by atoms with E-state index in [1.54, 1.807) is 47.1 Å². The number of halogens is 2. The molecule has 1 aromatic heterocycles. The van der Waals surface area contributed by atoms with Gasteiger partial charge in [-0.1, -0.05) is 29.3 Å². The summed E-state index contributed by atoms with van der Waals surface area (Å²) in [4.78, 5) is 24.5. The van der Waals surface area contributed by atoms with Crippen LogP contribution in [0.5, 0.6) is 5.75 Å². The number of amides is 2. The molecule has 0 saturated carbocycles. The average Bonchev–Trinajstić information content (AvgIpc) is 3.02. The van der Waals surface area contributed by atoms with E-state index in [4.69, 9.17) is 27.9 Å². The fourth-order valence-electron chi connectivity index (χ4n) is 2.65. The van der Waals surface area contributed by atoms with E-state index in [2.05, 4.69) is 10.7 Å². The highest BCUT2D eigenvalue weighted by Crippen LogP contribution is 2.29. The van der Waals surface area contributed by atoms with E-state index < -0.39 is 0 Å². The Morgan fingerprint density at radius 1 is 0.966 bits per heavy atom. The second kappa shape index (κ2) is 9.03. The second-order valence-corrected chi connectivity index (χ2v) is 7.14. The summed E-state index contributed by atoms with van der Waals surface area (Å²) in [6.07, 6.45) is 0. The fourth-order valence-corrected chi connectivity index (χ4v) is 3.00. The molecular formula is C21H19Cl2N3O3. The molecule has 2 aromatic carbocycles. The summed E-state index contributed by atoms with van der Waals surface area (Å²) < 4.78 is 7.18. The maximum absolute atomic E-state index is 12.4. The first kappa shape index (κ1) is 20.8. The summed E-state index contributed by atoms with van der Waals surface area (Å²) in [5.41, 5.74) is 5.58. The SMILES string of the molecule is Cc1ccc(C)n1NC(=O)c1ccc(OCC(=O)Nc2cccc(Cl)c2Cl)cc1. The van der Waals surface area contributed by atoms with Gasteiger partial charge in [-0.25, -0.2) is 0 Å². The lowest BCUT2D eigenvalue weighted by atomic mass is 10.2. The molecule has 0 radical (unpaired) electrons. The first-order valence-electron chi connectivity index (χ1n) is 8.78. The Kier molecular flexibility index (Phi) is 6.46. The van der Waals surface area contributed by atoms with Crippen molar-refractivity contribution in [3.8, 4) is 5.75 Å². The number of nitrogens with one attached hydrogen (secondary N) is 2. The molecule has 2 amide bonds. The number of anilines is 1. The van der Waals surface area contributed by atoms with Gasteiger partial charge >= 0.3 is 0 Å². The van der Waals surface area contributed by atoms with Crippen molar-refractivity contribution in [1.29, 1.82) is 0 Å². The van der Waals surface area contributed by atoms with E-state index in [1.165, 1.54) is 0 Å². The number of hydrogen-bond acceptors (Lipinski definition) is 3. The molecule has 1 heterocycles. The van der Waals surface area contributed by atoms with Gasteiger partial charge in [0.25, 0.3) is 11.8 Å². The van der Waals surface area contributed by atoms with Gasteiger partial charge in [-0.15, -0.1) is 0 Å². The summed E-state index contributed by atoms with van der Waals surface area (Å²) in [6, 6.07) is 15.3. The molecule has 0 unspecified atom stereocenters. The van der Waals surface area contributed by atoms with Gasteiger partial charge in [0, 0.05) is 17.0 Å². The minimum Gasteiger partial charge on any atom is -0.484 e. The number of ether oxygens (including phenoxy) is 1. The molecule has 3 aromatic rings. The molecule has 0 atom stereocenters. The number of nitrogens with zero attached hydrogens (tertiary/aromatic N) is 1. The van der Waals surface area contributed by atoms with E-state index in [0.717, 1.165) is 11.4 Å². The Hall–Kier alpha value is -2.96. The minimum absolute atomic E-state index is 0.212. The zero-order valence-electron chi connectivity index (χ0n) is 15.8. The van der Waals surface area contributed by atoms with Crippen LogP contribution in [0.1, 0.15) is 21.7 Å². The monoisotopic (exact) mass is 431 g/mol. The van der Waals surface area contributed by atoms with Crippen molar-refractivity contribution in [2.75, 3.05) is 17.3 Å². The second-order valence-electron chi connectivity index (χ2n) is 6.36. The number of hydrogen-bond donors (Lipinski definition) is 2. The van der Waals surface area contributed by atoms with Gasteiger partial charge in [0.2, 0.25) is 0 Å². The Balaban J connectivity index is 1.55. The number of carbonyl (C=O) groups excluding carboxylic acids is 2. The third-order valence-electron chi connectivity index (χ3n) is 4.20. The van der Waals surface area contributed by atoms with Crippen LogP contribution in [0.2, 0.25) is 10.0 Å². The first-order chi connectivity index (χ1) is 13.8. The normalized spacial score (nSPS) is 10.5. The molecule has 8 heteroatoms. The maximum atomic E-state index is 12.4. The number of aromatic nitrogens is 1. The lowest BCUT2D eigenvalue weighted by molar-refractivity contribution is -0.118. The van der Waals surface area contributed by atoms with Crippen LogP contribution < -0.4 is 15.5 Å². The average molecular weight is 432 g/mol. The van der Waals surface area contributed by atoms with Crippen LogP contribution in [-0.4, -0.2) is 23.1 Å². The molecule has 150 valence electrons. The topological polar surface area (TPSA) is 72.4 Å². The molecule has 0 aliphatic carbocycles. The Bertz CT molecular complexity index is 1030. The Morgan fingerprint density at radius 2 is 1.62 bits per heavy atom. The lowest BCUT2D eigenvalue weighted by Gasteiger charge is -2.12. The quantitative estimate of drug-likeness (QED) is 0.587. The van der Waals surface area contributed by atoms with Gasteiger partial charge in [-0.05, 0) is 62.4 Å². The molecule has 0 spiro atoms. The Labute approximate surface area is 178 Å². The standard InChI is InChI=1S/C21H19Cl2N3O3/c1-13-6-7-14(2)26(13)25-21(28)15-8-10-16(11-9-15)29-12-19(27)24-18-5-3-4-17(22)20(18)23/h3-11H,12H2,1-2H3,(H,24,27)(H,25,28). The van der Waals surface area contributed by atoms with Crippen molar-refractivity contribution in [2.45, 2.75) is 13.8 Å². The fraction of sp³-hybridized carbons (Fsp3) is 0.143. The van der Waals surface area contributed by atoms with Gasteiger partial charge < -0.3 is 10.1 Å². The largest absolute Gasteiger partial charge is 0.484 e. The molecule has 0 fully saturated rings. The molecule has 0 saturated heterocycles. The summed E-state index contributed by atoms with van der Waals surface area (Å²) in [7, 11) is 0. The van der Waals surface area contributed by atoms with Crippen molar-refractivity contribution in [1.82, 2.24) is 4.68 Å². The molecule has 0 aliphatic heterocycles. The summed E-state index contributed by atoms with van der Waals surface area (Å²) in [5, 5.41) is 3.26. The van der Waals surface area contributed by atoms with E-state index in [9.17, 15) is 9.59 Å². The number of benzene rings is 2. The lowest BCUT2D eigenvalue weighted by Crippen LogP contribution is -2.24. The van der Waals surface area contributed by atoms with Gasteiger partial charge in [0.15, 0.2) is 6.61 Å². The molecular weight excluding hydrogens is 413 g/mol. The third-order valence-corrected chi connectivity index (χ3v) is 5.02. The summed E-state index contributed by atoms with van der Waals surface area (Å²) in [5.74, 6) is -0.163. The number of rotatable bonds is 6. The van der Waals surface area contributed by atoms with Gasteiger partial charge in [0.1, 0.15) is 5.75 Å². The van der Waals surface area contributed by atoms with Crippen LogP contribution in [0.15, 0.2) is 54.6 Å². The van der Waals surface area contributed by atoms with Crippen LogP contribution in [0, 0.1) is 13.8 Å². The highest BCUT2D eigenvalue weighted by atomic mass is 35.5. The van der Waals surface area contributed by atoms with Crippen molar-refractivity contribution < 1.29 is 14.3 Å². The van der Waals surface area contributed by atoms with E-state index in [0.29, 0.717) is 22.0 Å². The summed E-state index contributed by atoms with van der Waals surface area (Å²) in [6.45, 7) is 3.60. The zero-order valence-corrected chi connectivity index (χ0v) is 17.3. The third kappa shape index (κ3) is 5.10. The summed E-state index contributed by atoms with van der Waals surface area (Å²) >= 11 is 12.0. The van der Waals surface area contributed by atoms with E-state index in [1.807, 2.05) is 26.0 Å². The molecule has 0 bridgehead atoms. The Morgan fingerprint density at radius 3 is 2.28 bits per heavy atom. The van der Waals surface area contributed by atoms with Crippen molar-refractivity contribution in [3.05, 3.63) is 81.6 Å². The molecule has 29 heavy (non-hydrogen) atoms. The van der Waals surface area contributed by atoms with Crippen LogP contribution >= 0.6 is 23.2 Å². The minimum atomic E-state index is -0.380. The van der Waals surface area contributed by atoms with Crippen LogP contribution in [-0.2, 0) is 4.79 Å². The van der Waals surface area contributed by atoms with Gasteiger partial charge in [-0.3, -0.25) is 19.7 Å². The van der Waals surface area contributed by atoms with Gasteiger partial charge in [0.05, 0.1) is 15.7 Å². The highest BCUT2D eigenvalue weighted by Gasteiger charge is 2.11. The van der Waals surface area contributed by atoms with Crippen LogP contribution in [0.3, 0.4) is 0 Å². The van der Waals surface area contributed by atoms with Crippen molar-refractivity contribution in [3.63, 3.8) is 0 Å². The van der Waals surface area contributed by atoms with Gasteiger partial charge in [-0.2, -0.15) is 0 Å². The number of aryl methyl sites for hydroxylation is 2. The zero-order chi connectivity index (χ0) is 21.0. The maximum Gasteiger partial charge on any atom is 0.270 e. The van der Waals surface area contributed by atoms with Crippen molar-refractivity contribution in [2.24, 2.45) is 0 Å². The molecule has 2 N–H and O–H groups in total. The van der Waals surface area contributed by atoms with E-state index in [-0.39, 0.29) is 23.4 Å². The first-order valence-corrected chi connectivity index (χ1v) is 9.54. The number of carbonyl (C=O) groups is 2. The predicted octanol–water partition coefficient (Wildman–Crippen LogP) is 4.81. The van der Waals surface area contributed by atoms with Crippen LogP contribution in [0.25, 0.3) is 0 Å². The van der Waals surface area contributed by atoms with Crippen molar-refractivity contribution >= 4 is 40.7 Å². The molecule has 3 rings (SSSR count). The van der Waals surface area contributed by atoms with E-state index >= 15 is 0 Å². The molecule has 6 nitrogen and oxygen atoms in total.